The minimum atomic E-state index is -0.154. The van der Waals surface area contributed by atoms with Crippen LogP contribution in [0, 0.1) is 5.82 Å². The SMILES string of the molecule is Fc1cccc(CN2CCN(Cc3csc(-c4ccccc4)n3)CC2)c1. The van der Waals surface area contributed by atoms with Gasteiger partial charge in [0.1, 0.15) is 10.8 Å². The van der Waals surface area contributed by atoms with E-state index in [4.69, 9.17) is 4.98 Å². The molecule has 134 valence electrons. The van der Waals surface area contributed by atoms with Gasteiger partial charge in [-0.15, -0.1) is 11.3 Å². The van der Waals surface area contributed by atoms with E-state index < -0.39 is 0 Å². The molecule has 0 radical (unpaired) electrons. The van der Waals surface area contributed by atoms with Gasteiger partial charge in [-0.05, 0) is 17.7 Å². The summed E-state index contributed by atoms with van der Waals surface area (Å²) in [6, 6.07) is 17.3. The predicted molar refractivity (Wildman–Crippen MR) is 105 cm³/mol. The lowest BCUT2D eigenvalue weighted by atomic mass is 10.2. The largest absolute Gasteiger partial charge is 0.297 e. The molecule has 26 heavy (non-hydrogen) atoms. The van der Waals surface area contributed by atoms with Crippen molar-refractivity contribution in [2.24, 2.45) is 0 Å². The molecule has 0 aliphatic carbocycles. The summed E-state index contributed by atoms with van der Waals surface area (Å²) in [5.41, 5.74) is 3.38. The average Bonchev–Trinajstić information content (AvgIpc) is 3.13. The van der Waals surface area contributed by atoms with Gasteiger partial charge in [0.25, 0.3) is 0 Å². The molecular weight excluding hydrogens is 345 g/mol. The Morgan fingerprint density at radius 3 is 2.35 bits per heavy atom. The van der Waals surface area contributed by atoms with Crippen LogP contribution in [0.4, 0.5) is 4.39 Å². The van der Waals surface area contributed by atoms with Crippen LogP contribution in [0.5, 0.6) is 0 Å². The van der Waals surface area contributed by atoms with Crippen LogP contribution in [0.25, 0.3) is 10.6 Å². The normalized spacial score (nSPS) is 16.0. The molecular formula is C21H22FN3S. The standard InChI is InChI=1S/C21H22FN3S/c22-19-8-4-5-17(13-19)14-24-9-11-25(12-10-24)15-20-16-26-21(23-20)18-6-2-1-3-7-18/h1-8,13,16H,9-12,14-15H2. The molecule has 1 aliphatic heterocycles. The number of benzene rings is 2. The summed E-state index contributed by atoms with van der Waals surface area (Å²) in [6.45, 7) is 5.77. The Morgan fingerprint density at radius 2 is 1.62 bits per heavy atom. The number of halogens is 1. The minimum Gasteiger partial charge on any atom is -0.297 e. The van der Waals surface area contributed by atoms with Gasteiger partial charge in [0, 0.05) is 50.2 Å². The molecule has 0 unspecified atom stereocenters. The lowest BCUT2D eigenvalue weighted by molar-refractivity contribution is 0.121. The van der Waals surface area contributed by atoms with Crippen molar-refractivity contribution in [2.45, 2.75) is 13.1 Å². The molecule has 1 fully saturated rings. The fourth-order valence-electron chi connectivity index (χ4n) is 3.32. The van der Waals surface area contributed by atoms with Crippen molar-refractivity contribution in [3.05, 3.63) is 77.1 Å². The average molecular weight is 367 g/mol. The summed E-state index contributed by atoms with van der Waals surface area (Å²) in [6.07, 6.45) is 0. The van der Waals surface area contributed by atoms with Crippen molar-refractivity contribution in [3.63, 3.8) is 0 Å². The second-order valence-corrected chi connectivity index (χ2v) is 7.55. The van der Waals surface area contributed by atoms with Crippen LogP contribution in [0.2, 0.25) is 0 Å². The maximum atomic E-state index is 13.3. The zero-order valence-electron chi connectivity index (χ0n) is 14.6. The van der Waals surface area contributed by atoms with E-state index in [1.54, 1.807) is 23.5 Å². The molecule has 4 rings (SSSR count). The molecule has 1 aliphatic rings. The zero-order valence-corrected chi connectivity index (χ0v) is 15.5. The van der Waals surface area contributed by atoms with Crippen LogP contribution < -0.4 is 0 Å². The van der Waals surface area contributed by atoms with Gasteiger partial charge < -0.3 is 0 Å². The van der Waals surface area contributed by atoms with E-state index in [0.29, 0.717) is 0 Å². The third-order valence-corrected chi connectivity index (χ3v) is 5.66. The van der Waals surface area contributed by atoms with Crippen molar-refractivity contribution in [1.82, 2.24) is 14.8 Å². The van der Waals surface area contributed by atoms with E-state index in [1.807, 2.05) is 24.3 Å². The van der Waals surface area contributed by atoms with Crippen LogP contribution in [-0.2, 0) is 13.1 Å². The monoisotopic (exact) mass is 367 g/mol. The molecule has 1 saturated heterocycles. The maximum absolute atomic E-state index is 13.3. The van der Waals surface area contributed by atoms with Gasteiger partial charge in [-0.3, -0.25) is 9.80 Å². The number of aromatic nitrogens is 1. The highest BCUT2D eigenvalue weighted by Gasteiger charge is 2.18. The van der Waals surface area contributed by atoms with E-state index in [-0.39, 0.29) is 5.82 Å². The highest BCUT2D eigenvalue weighted by Crippen LogP contribution is 2.24. The van der Waals surface area contributed by atoms with Gasteiger partial charge >= 0.3 is 0 Å². The molecule has 0 N–H and O–H groups in total. The topological polar surface area (TPSA) is 19.4 Å². The van der Waals surface area contributed by atoms with E-state index in [2.05, 4.69) is 27.3 Å². The number of hydrogen-bond donors (Lipinski definition) is 0. The van der Waals surface area contributed by atoms with Gasteiger partial charge in [-0.25, -0.2) is 9.37 Å². The van der Waals surface area contributed by atoms with Gasteiger partial charge in [-0.1, -0.05) is 42.5 Å². The zero-order chi connectivity index (χ0) is 17.8. The van der Waals surface area contributed by atoms with Gasteiger partial charge in [-0.2, -0.15) is 0 Å². The summed E-state index contributed by atoms with van der Waals surface area (Å²) < 4.78 is 13.3. The number of piperazine rings is 1. The maximum Gasteiger partial charge on any atom is 0.123 e. The van der Waals surface area contributed by atoms with Crippen molar-refractivity contribution >= 4 is 11.3 Å². The molecule has 0 atom stereocenters. The van der Waals surface area contributed by atoms with E-state index in [9.17, 15) is 4.39 Å². The molecule has 5 heteroatoms. The van der Waals surface area contributed by atoms with E-state index >= 15 is 0 Å². The predicted octanol–water partition coefficient (Wildman–Crippen LogP) is 4.27. The highest BCUT2D eigenvalue weighted by atomic mass is 32.1. The molecule has 0 bridgehead atoms. The number of rotatable bonds is 5. The lowest BCUT2D eigenvalue weighted by Crippen LogP contribution is -2.45. The number of nitrogens with zero attached hydrogens (tertiary/aromatic N) is 3. The fraction of sp³-hybridized carbons (Fsp3) is 0.286. The molecule has 3 nitrogen and oxygen atoms in total. The Balaban J connectivity index is 1.29. The van der Waals surface area contributed by atoms with Crippen LogP contribution >= 0.6 is 11.3 Å². The first-order chi connectivity index (χ1) is 12.8. The second kappa shape index (κ2) is 8.08. The van der Waals surface area contributed by atoms with Crippen molar-refractivity contribution in [2.75, 3.05) is 26.2 Å². The van der Waals surface area contributed by atoms with Crippen molar-refractivity contribution < 1.29 is 4.39 Å². The molecule has 0 spiro atoms. The first-order valence-corrected chi connectivity index (χ1v) is 9.83. The molecule has 2 heterocycles. The molecule has 3 aromatic rings. The van der Waals surface area contributed by atoms with E-state index in [0.717, 1.165) is 55.5 Å². The minimum absolute atomic E-state index is 0.154. The Labute approximate surface area is 157 Å². The summed E-state index contributed by atoms with van der Waals surface area (Å²) in [5, 5.41) is 3.26. The first-order valence-electron chi connectivity index (χ1n) is 8.95. The highest BCUT2D eigenvalue weighted by molar-refractivity contribution is 7.13. The molecule has 2 aromatic carbocycles. The molecule has 1 aromatic heterocycles. The first kappa shape index (κ1) is 17.3. The quantitative estimate of drug-likeness (QED) is 0.671. The molecule has 0 amide bonds. The van der Waals surface area contributed by atoms with Crippen molar-refractivity contribution in [3.8, 4) is 10.6 Å². The summed E-state index contributed by atoms with van der Waals surface area (Å²) in [7, 11) is 0. The Hall–Kier alpha value is -2.08. The Kier molecular flexibility index (Phi) is 5.39. The van der Waals surface area contributed by atoms with E-state index in [1.165, 1.54) is 11.6 Å². The number of thiazole rings is 1. The summed E-state index contributed by atoms with van der Waals surface area (Å²) in [4.78, 5) is 9.63. The van der Waals surface area contributed by atoms with Crippen molar-refractivity contribution in [1.29, 1.82) is 0 Å². The Morgan fingerprint density at radius 1 is 0.885 bits per heavy atom. The van der Waals surface area contributed by atoms with Crippen LogP contribution in [-0.4, -0.2) is 41.0 Å². The second-order valence-electron chi connectivity index (χ2n) is 6.69. The smallest absolute Gasteiger partial charge is 0.123 e. The molecule has 0 saturated carbocycles. The van der Waals surface area contributed by atoms with Gasteiger partial charge in [0.2, 0.25) is 0 Å². The third-order valence-electron chi connectivity index (χ3n) is 4.72. The summed E-state index contributed by atoms with van der Waals surface area (Å²) >= 11 is 1.71. The van der Waals surface area contributed by atoms with Gasteiger partial charge in [0.15, 0.2) is 0 Å². The van der Waals surface area contributed by atoms with Crippen LogP contribution in [0.3, 0.4) is 0 Å². The lowest BCUT2D eigenvalue weighted by Gasteiger charge is -2.34. The van der Waals surface area contributed by atoms with Crippen LogP contribution in [0.1, 0.15) is 11.3 Å². The summed E-state index contributed by atoms with van der Waals surface area (Å²) in [5.74, 6) is -0.154. The van der Waals surface area contributed by atoms with Crippen LogP contribution in [0.15, 0.2) is 60.0 Å². The Bertz CT molecular complexity index is 841. The van der Waals surface area contributed by atoms with Gasteiger partial charge in [0.05, 0.1) is 5.69 Å². The third kappa shape index (κ3) is 4.36. The fourth-order valence-corrected chi connectivity index (χ4v) is 4.14. The number of hydrogen-bond acceptors (Lipinski definition) is 4.